The molecule has 2 atom stereocenters. The fourth-order valence-electron chi connectivity index (χ4n) is 2.49. The molecule has 1 saturated carbocycles. The Morgan fingerprint density at radius 1 is 1.26 bits per heavy atom. The number of nitrogens with one attached hydrogen (secondary N) is 1. The number of primary amides is 1. The number of piperidine rings is 1. The SMILES string of the molecule is CC1CCC(C(N)=O)CN1C(=O)CNCC1CC1.Cl. The molecule has 19 heavy (non-hydrogen) atoms. The topological polar surface area (TPSA) is 75.4 Å². The lowest BCUT2D eigenvalue weighted by Crippen LogP contribution is -2.51. The van der Waals surface area contributed by atoms with Gasteiger partial charge in [0.05, 0.1) is 12.5 Å². The largest absolute Gasteiger partial charge is 0.369 e. The lowest BCUT2D eigenvalue weighted by atomic mass is 9.93. The Kier molecular flexibility index (Phi) is 6.07. The molecule has 2 aliphatic rings. The second-order valence-electron chi connectivity index (χ2n) is 5.65. The van der Waals surface area contributed by atoms with Crippen molar-refractivity contribution in [3.8, 4) is 0 Å². The van der Waals surface area contributed by atoms with E-state index in [-0.39, 0.29) is 36.2 Å². The first kappa shape index (κ1) is 16.2. The predicted molar refractivity (Wildman–Crippen MR) is 75.9 cm³/mol. The van der Waals surface area contributed by atoms with Crippen molar-refractivity contribution in [2.24, 2.45) is 17.6 Å². The minimum atomic E-state index is -0.286. The van der Waals surface area contributed by atoms with E-state index in [2.05, 4.69) is 5.32 Å². The summed E-state index contributed by atoms with van der Waals surface area (Å²) in [4.78, 5) is 25.1. The van der Waals surface area contributed by atoms with Crippen LogP contribution in [-0.2, 0) is 9.59 Å². The van der Waals surface area contributed by atoms with Crippen molar-refractivity contribution >= 4 is 24.2 Å². The van der Waals surface area contributed by atoms with Crippen molar-refractivity contribution in [1.29, 1.82) is 0 Å². The second-order valence-corrected chi connectivity index (χ2v) is 5.65. The zero-order valence-corrected chi connectivity index (χ0v) is 12.2. The van der Waals surface area contributed by atoms with Gasteiger partial charge in [-0.3, -0.25) is 9.59 Å². The van der Waals surface area contributed by atoms with E-state index in [0.717, 1.165) is 25.3 Å². The third-order valence-electron chi connectivity index (χ3n) is 4.01. The standard InChI is InChI=1S/C13H23N3O2.ClH/c1-9-2-5-11(13(14)18)8-16(9)12(17)7-15-6-10-3-4-10;/h9-11,15H,2-8H2,1H3,(H2,14,18);1H. The average molecular weight is 290 g/mol. The van der Waals surface area contributed by atoms with E-state index in [1.54, 1.807) is 4.90 Å². The zero-order chi connectivity index (χ0) is 13.1. The van der Waals surface area contributed by atoms with Gasteiger partial charge in [-0.25, -0.2) is 0 Å². The van der Waals surface area contributed by atoms with Crippen LogP contribution < -0.4 is 11.1 Å². The first-order chi connectivity index (χ1) is 8.58. The lowest BCUT2D eigenvalue weighted by Gasteiger charge is -2.37. The molecule has 0 radical (unpaired) electrons. The molecule has 0 aromatic carbocycles. The normalized spacial score (nSPS) is 26.7. The van der Waals surface area contributed by atoms with Crippen LogP contribution >= 0.6 is 12.4 Å². The Morgan fingerprint density at radius 3 is 2.53 bits per heavy atom. The van der Waals surface area contributed by atoms with Crippen LogP contribution in [0.5, 0.6) is 0 Å². The van der Waals surface area contributed by atoms with Gasteiger partial charge in [-0.2, -0.15) is 0 Å². The van der Waals surface area contributed by atoms with Gasteiger partial charge >= 0.3 is 0 Å². The average Bonchev–Trinajstić information content (AvgIpc) is 3.13. The molecule has 2 rings (SSSR count). The smallest absolute Gasteiger partial charge is 0.236 e. The third kappa shape index (κ3) is 4.66. The van der Waals surface area contributed by atoms with Gasteiger partial charge in [0.2, 0.25) is 11.8 Å². The molecule has 1 aliphatic carbocycles. The lowest BCUT2D eigenvalue weighted by molar-refractivity contribution is -0.136. The number of rotatable bonds is 5. The minimum Gasteiger partial charge on any atom is -0.369 e. The van der Waals surface area contributed by atoms with E-state index in [0.29, 0.717) is 13.1 Å². The van der Waals surface area contributed by atoms with Crippen molar-refractivity contribution < 1.29 is 9.59 Å². The number of hydrogen-bond acceptors (Lipinski definition) is 3. The van der Waals surface area contributed by atoms with Crippen molar-refractivity contribution in [2.75, 3.05) is 19.6 Å². The van der Waals surface area contributed by atoms with Crippen molar-refractivity contribution in [3.05, 3.63) is 0 Å². The van der Waals surface area contributed by atoms with E-state index in [1.165, 1.54) is 12.8 Å². The van der Waals surface area contributed by atoms with Gasteiger partial charge in [-0.05, 0) is 45.1 Å². The highest BCUT2D eigenvalue weighted by atomic mass is 35.5. The van der Waals surface area contributed by atoms with Crippen molar-refractivity contribution in [1.82, 2.24) is 10.2 Å². The van der Waals surface area contributed by atoms with Gasteiger partial charge in [-0.15, -0.1) is 12.4 Å². The molecule has 0 aromatic rings. The summed E-state index contributed by atoms with van der Waals surface area (Å²) in [6.07, 6.45) is 4.23. The summed E-state index contributed by atoms with van der Waals surface area (Å²) in [5, 5.41) is 3.20. The molecule has 2 fully saturated rings. The van der Waals surface area contributed by atoms with Crippen LogP contribution in [0.3, 0.4) is 0 Å². The highest BCUT2D eigenvalue weighted by molar-refractivity contribution is 5.85. The number of carbonyl (C=O) groups is 2. The number of carbonyl (C=O) groups excluding carboxylic acids is 2. The number of nitrogens with zero attached hydrogens (tertiary/aromatic N) is 1. The van der Waals surface area contributed by atoms with Gasteiger partial charge in [0.15, 0.2) is 0 Å². The van der Waals surface area contributed by atoms with E-state index < -0.39 is 0 Å². The Balaban J connectivity index is 0.00000180. The maximum Gasteiger partial charge on any atom is 0.236 e. The molecule has 2 amide bonds. The van der Waals surface area contributed by atoms with Gasteiger partial charge in [-0.1, -0.05) is 0 Å². The van der Waals surface area contributed by atoms with Crippen LogP contribution in [-0.4, -0.2) is 42.4 Å². The zero-order valence-electron chi connectivity index (χ0n) is 11.4. The maximum absolute atomic E-state index is 12.1. The van der Waals surface area contributed by atoms with E-state index in [4.69, 9.17) is 5.73 Å². The molecule has 1 heterocycles. The van der Waals surface area contributed by atoms with Gasteiger partial charge < -0.3 is 16.0 Å². The van der Waals surface area contributed by atoms with E-state index in [9.17, 15) is 9.59 Å². The monoisotopic (exact) mass is 289 g/mol. The summed E-state index contributed by atoms with van der Waals surface area (Å²) in [6.45, 7) is 3.84. The molecular weight excluding hydrogens is 266 g/mol. The Bertz CT molecular complexity index is 334. The van der Waals surface area contributed by atoms with Crippen molar-refractivity contribution in [2.45, 2.75) is 38.6 Å². The number of likely N-dealkylation sites (tertiary alicyclic amines) is 1. The van der Waals surface area contributed by atoms with Crippen LogP contribution in [0.25, 0.3) is 0 Å². The molecule has 1 aliphatic heterocycles. The second kappa shape index (κ2) is 7.10. The highest BCUT2D eigenvalue weighted by Gasteiger charge is 2.31. The Hall–Kier alpha value is -0.810. The summed E-state index contributed by atoms with van der Waals surface area (Å²) in [5.74, 6) is 0.406. The van der Waals surface area contributed by atoms with Crippen molar-refractivity contribution in [3.63, 3.8) is 0 Å². The summed E-state index contributed by atoms with van der Waals surface area (Å²) in [5.41, 5.74) is 5.33. The van der Waals surface area contributed by atoms with Crippen LogP contribution in [0.2, 0.25) is 0 Å². The van der Waals surface area contributed by atoms with Gasteiger partial charge in [0, 0.05) is 12.6 Å². The number of halogens is 1. The molecule has 2 unspecified atom stereocenters. The summed E-state index contributed by atoms with van der Waals surface area (Å²) < 4.78 is 0. The number of nitrogens with two attached hydrogens (primary N) is 1. The fraction of sp³-hybridized carbons (Fsp3) is 0.846. The molecule has 1 saturated heterocycles. The molecule has 6 heteroatoms. The molecule has 5 nitrogen and oxygen atoms in total. The highest BCUT2D eigenvalue weighted by Crippen LogP contribution is 2.27. The first-order valence-corrected chi connectivity index (χ1v) is 6.87. The first-order valence-electron chi connectivity index (χ1n) is 6.87. The van der Waals surface area contributed by atoms with Gasteiger partial charge in [0.1, 0.15) is 0 Å². The summed E-state index contributed by atoms with van der Waals surface area (Å²) in [6, 6.07) is 0.218. The molecule has 0 aromatic heterocycles. The van der Waals surface area contributed by atoms with E-state index >= 15 is 0 Å². The fourth-order valence-corrected chi connectivity index (χ4v) is 2.49. The van der Waals surface area contributed by atoms with Crippen LogP contribution in [0.4, 0.5) is 0 Å². The molecule has 110 valence electrons. The number of amides is 2. The third-order valence-corrected chi connectivity index (χ3v) is 4.01. The minimum absolute atomic E-state index is 0. The van der Waals surface area contributed by atoms with E-state index in [1.807, 2.05) is 6.92 Å². The Morgan fingerprint density at radius 2 is 1.95 bits per heavy atom. The Labute approximate surface area is 120 Å². The molecule has 0 spiro atoms. The molecule has 0 bridgehead atoms. The van der Waals surface area contributed by atoms with Gasteiger partial charge in [0.25, 0.3) is 0 Å². The maximum atomic E-state index is 12.1. The predicted octanol–water partition coefficient (Wildman–Crippen LogP) is 0.520. The molecular formula is C13H24ClN3O2. The van der Waals surface area contributed by atoms with Crippen LogP contribution in [0, 0.1) is 11.8 Å². The van der Waals surface area contributed by atoms with Crippen LogP contribution in [0.15, 0.2) is 0 Å². The molecule has 3 N–H and O–H groups in total. The summed E-state index contributed by atoms with van der Waals surface area (Å²) in [7, 11) is 0. The quantitative estimate of drug-likeness (QED) is 0.775. The number of hydrogen-bond donors (Lipinski definition) is 2. The summed E-state index contributed by atoms with van der Waals surface area (Å²) >= 11 is 0. The van der Waals surface area contributed by atoms with Crippen LogP contribution in [0.1, 0.15) is 32.6 Å².